The Morgan fingerprint density at radius 2 is 2.18 bits per heavy atom. The van der Waals surface area contributed by atoms with E-state index in [1.807, 2.05) is 12.1 Å². The summed E-state index contributed by atoms with van der Waals surface area (Å²) in [5, 5.41) is 3.88. The van der Waals surface area contributed by atoms with E-state index in [1.54, 1.807) is 6.20 Å². The molecular formula is C13H14ClN2O. The first-order valence-electron chi connectivity index (χ1n) is 5.41. The van der Waals surface area contributed by atoms with Gasteiger partial charge >= 0.3 is 0 Å². The van der Waals surface area contributed by atoms with E-state index in [0.29, 0.717) is 11.6 Å². The van der Waals surface area contributed by atoms with Crippen LogP contribution in [0.3, 0.4) is 0 Å². The monoisotopic (exact) mass is 249 g/mol. The number of rotatable bonds is 2. The van der Waals surface area contributed by atoms with E-state index in [4.69, 9.17) is 16.1 Å². The fraction of sp³-hybridized carbons (Fsp3) is 0.385. The molecule has 0 unspecified atom stereocenters. The van der Waals surface area contributed by atoms with E-state index in [0.717, 1.165) is 16.8 Å². The van der Waals surface area contributed by atoms with E-state index < -0.39 is 0 Å². The molecule has 0 aromatic carbocycles. The van der Waals surface area contributed by atoms with Gasteiger partial charge in [-0.1, -0.05) is 25.9 Å². The molecule has 0 bridgehead atoms. The molecule has 2 aromatic heterocycles. The molecule has 2 heterocycles. The van der Waals surface area contributed by atoms with E-state index in [9.17, 15) is 0 Å². The van der Waals surface area contributed by atoms with Crippen molar-refractivity contribution in [1.29, 1.82) is 0 Å². The summed E-state index contributed by atoms with van der Waals surface area (Å²) in [4.78, 5) is 4.02. The lowest BCUT2D eigenvalue weighted by Gasteiger charge is -2.20. The van der Waals surface area contributed by atoms with Crippen molar-refractivity contribution in [2.75, 3.05) is 0 Å². The number of alkyl halides is 1. The third-order valence-corrected chi connectivity index (χ3v) is 2.79. The molecular weight excluding hydrogens is 236 g/mol. The lowest BCUT2D eigenvalue weighted by molar-refractivity contribution is 0.424. The maximum atomic E-state index is 5.71. The summed E-state index contributed by atoms with van der Waals surface area (Å²) in [7, 11) is 0. The molecule has 0 fully saturated rings. The number of hydrogen-bond acceptors (Lipinski definition) is 3. The minimum Gasteiger partial charge on any atom is -0.356 e. The van der Waals surface area contributed by atoms with Crippen LogP contribution >= 0.6 is 11.6 Å². The molecule has 89 valence electrons. The standard InChI is InChI=1S/C13H14ClN2O/c1-13(2,3)11-4-5-15-8-10(11)12-6-9(7-14)16-17-12/h4-6H,7H2,1-3H3. The second-order valence-electron chi connectivity index (χ2n) is 4.91. The van der Waals surface area contributed by atoms with Gasteiger partial charge in [0, 0.05) is 12.3 Å². The van der Waals surface area contributed by atoms with Gasteiger partial charge in [-0.3, -0.25) is 4.98 Å². The molecule has 2 rings (SSSR count). The van der Waals surface area contributed by atoms with Crippen molar-refractivity contribution in [3.63, 3.8) is 0 Å². The van der Waals surface area contributed by atoms with Gasteiger partial charge in [0.15, 0.2) is 5.76 Å². The Labute approximate surface area is 106 Å². The quantitative estimate of drug-likeness (QED) is 0.764. The van der Waals surface area contributed by atoms with Gasteiger partial charge in [-0.15, -0.1) is 11.6 Å². The van der Waals surface area contributed by atoms with Gasteiger partial charge in [0.1, 0.15) is 6.20 Å². The molecule has 2 aromatic rings. The number of nitrogens with zero attached hydrogens (tertiary/aromatic N) is 2. The van der Waals surface area contributed by atoms with Gasteiger partial charge in [-0.2, -0.15) is 0 Å². The summed E-state index contributed by atoms with van der Waals surface area (Å²) in [5.74, 6) is 1.01. The Balaban J connectivity index is 2.52. The normalized spacial score (nSPS) is 11.8. The second-order valence-corrected chi connectivity index (χ2v) is 5.18. The highest BCUT2D eigenvalue weighted by molar-refractivity contribution is 6.16. The molecule has 1 radical (unpaired) electrons. The molecule has 0 saturated carbocycles. The van der Waals surface area contributed by atoms with Crippen molar-refractivity contribution in [3.05, 3.63) is 35.8 Å². The highest BCUT2D eigenvalue weighted by Crippen LogP contribution is 2.32. The first-order valence-corrected chi connectivity index (χ1v) is 5.95. The zero-order chi connectivity index (χ0) is 12.5. The molecule has 0 aliphatic carbocycles. The Morgan fingerprint density at radius 3 is 2.76 bits per heavy atom. The largest absolute Gasteiger partial charge is 0.356 e. The van der Waals surface area contributed by atoms with Gasteiger partial charge in [0.05, 0.1) is 17.1 Å². The van der Waals surface area contributed by atoms with Crippen LogP contribution in [0.4, 0.5) is 0 Å². The van der Waals surface area contributed by atoms with Crippen LogP contribution in [0, 0.1) is 6.20 Å². The maximum Gasteiger partial charge on any atom is 0.169 e. The molecule has 0 aliphatic rings. The molecule has 17 heavy (non-hydrogen) atoms. The van der Waals surface area contributed by atoms with E-state index in [1.165, 1.54) is 0 Å². The van der Waals surface area contributed by atoms with Crippen molar-refractivity contribution in [2.24, 2.45) is 0 Å². The van der Waals surface area contributed by atoms with Gasteiger partial charge in [0.2, 0.25) is 0 Å². The van der Waals surface area contributed by atoms with Crippen molar-refractivity contribution in [1.82, 2.24) is 10.1 Å². The van der Waals surface area contributed by atoms with Gasteiger partial charge in [-0.25, -0.2) is 0 Å². The highest BCUT2D eigenvalue weighted by Gasteiger charge is 2.21. The van der Waals surface area contributed by atoms with E-state index >= 15 is 0 Å². The number of aromatic nitrogens is 2. The molecule has 4 heteroatoms. The third-order valence-electron chi connectivity index (χ3n) is 2.51. The fourth-order valence-corrected chi connectivity index (χ4v) is 1.79. The topological polar surface area (TPSA) is 38.9 Å². The third kappa shape index (κ3) is 2.50. The van der Waals surface area contributed by atoms with Crippen LogP contribution in [0.5, 0.6) is 0 Å². The average Bonchev–Trinajstić information content (AvgIpc) is 2.76. The molecule has 0 spiro atoms. The molecule has 3 nitrogen and oxygen atoms in total. The molecule has 0 atom stereocenters. The summed E-state index contributed by atoms with van der Waals surface area (Å²) in [5.41, 5.74) is 2.70. The number of halogens is 1. The number of hydrogen-bond donors (Lipinski definition) is 0. The Morgan fingerprint density at radius 1 is 1.41 bits per heavy atom. The smallest absolute Gasteiger partial charge is 0.169 e. The Hall–Kier alpha value is -1.35. The first kappa shape index (κ1) is 12.1. The zero-order valence-electron chi connectivity index (χ0n) is 10.1. The second kappa shape index (κ2) is 4.49. The fourth-order valence-electron chi connectivity index (χ4n) is 1.66. The van der Waals surface area contributed by atoms with Crippen LogP contribution in [0.2, 0.25) is 0 Å². The molecule has 0 amide bonds. The maximum absolute atomic E-state index is 5.71. The van der Waals surface area contributed by atoms with Gasteiger partial charge < -0.3 is 4.52 Å². The molecule has 0 saturated heterocycles. The first-order chi connectivity index (χ1) is 8.02. The summed E-state index contributed by atoms with van der Waals surface area (Å²) in [6.07, 6.45) is 4.71. The van der Waals surface area contributed by atoms with Crippen LogP contribution in [0.1, 0.15) is 32.0 Å². The predicted octanol–water partition coefficient (Wildman–Crippen LogP) is 3.57. The Bertz CT molecular complexity index is 514. The van der Waals surface area contributed by atoms with Gasteiger partial charge in [0.25, 0.3) is 0 Å². The van der Waals surface area contributed by atoms with Crippen LogP contribution < -0.4 is 0 Å². The zero-order valence-corrected chi connectivity index (χ0v) is 10.9. The van der Waals surface area contributed by atoms with Crippen molar-refractivity contribution >= 4 is 11.6 Å². The summed E-state index contributed by atoms with van der Waals surface area (Å²) in [6.45, 7) is 6.41. The minimum atomic E-state index is 0.00267. The van der Waals surface area contributed by atoms with Gasteiger partial charge in [-0.05, 0) is 17.0 Å². The SMILES string of the molecule is CC(C)(C)c1ccn[c]c1-c1cc(CCl)no1. The predicted molar refractivity (Wildman–Crippen MR) is 66.8 cm³/mol. The van der Waals surface area contributed by atoms with Crippen molar-refractivity contribution in [2.45, 2.75) is 32.1 Å². The van der Waals surface area contributed by atoms with Crippen molar-refractivity contribution in [3.8, 4) is 11.3 Å². The van der Waals surface area contributed by atoms with Crippen LogP contribution in [-0.2, 0) is 11.3 Å². The number of pyridine rings is 1. The lowest BCUT2D eigenvalue weighted by atomic mass is 9.84. The van der Waals surface area contributed by atoms with Crippen LogP contribution in [0.15, 0.2) is 22.9 Å². The van der Waals surface area contributed by atoms with E-state index in [2.05, 4.69) is 37.1 Å². The lowest BCUT2D eigenvalue weighted by Crippen LogP contribution is -2.12. The summed E-state index contributed by atoms with van der Waals surface area (Å²) >= 11 is 5.71. The summed E-state index contributed by atoms with van der Waals surface area (Å²) in [6, 6.07) is 3.81. The molecule has 0 N–H and O–H groups in total. The van der Waals surface area contributed by atoms with E-state index in [-0.39, 0.29) is 5.41 Å². The highest BCUT2D eigenvalue weighted by atomic mass is 35.5. The van der Waals surface area contributed by atoms with Crippen molar-refractivity contribution < 1.29 is 4.52 Å². The molecule has 0 aliphatic heterocycles. The minimum absolute atomic E-state index is 0.00267. The van der Waals surface area contributed by atoms with Crippen LogP contribution in [-0.4, -0.2) is 10.1 Å². The average molecular weight is 250 g/mol. The van der Waals surface area contributed by atoms with Crippen LogP contribution in [0.25, 0.3) is 11.3 Å². The Kier molecular flexibility index (Phi) is 3.20. The summed E-state index contributed by atoms with van der Waals surface area (Å²) < 4.78 is 5.27.